The summed E-state index contributed by atoms with van der Waals surface area (Å²) in [5, 5.41) is 0.916. The van der Waals surface area contributed by atoms with Crippen LogP contribution in [0.1, 0.15) is 20.0 Å². The van der Waals surface area contributed by atoms with E-state index in [4.69, 9.17) is 28.0 Å². The van der Waals surface area contributed by atoms with Crippen LogP contribution in [0.4, 0.5) is 4.39 Å². The van der Waals surface area contributed by atoms with Gasteiger partial charge in [-0.05, 0) is 30.3 Å². The highest BCUT2D eigenvalue weighted by molar-refractivity contribution is 7.21. The lowest BCUT2D eigenvalue weighted by molar-refractivity contribution is 0.0232. The maximum atomic E-state index is 13.2. The molecule has 4 nitrogen and oxygen atoms in total. The third kappa shape index (κ3) is 3.21. The number of carbonyl (C=O) groups is 2. The Balaban J connectivity index is 1.77. The summed E-state index contributed by atoms with van der Waals surface area (Å²) < 4.78 is 13.8. The van der Waals surface area contributed by atoms with Gasteiger partial charge >= 0.3 is 5.97 Å². The molecule has 0 fully saturated rings. The second-order valence-electron chi connectivity index (χ2n) is 4.69. The van der Waals surface area contributed by atoms with Crippen LogP contribution < -0.4 is 5.48 Å². The third-order valence-electron chi connectivity index (χ3n) is 3.13. The molecular formula is C16H8Cl2FNO3S. The monoisotopic (exact) mass is 383 g/mol. The lowest BCUT2D eigenvalue weighted by Gasteiger charge is -2.06. The van der Waals surface area contributed by atoms with E-state index in [0.29, 0.717) is 10.1 Å². The summed E-state index contributed by atoms with van der Waals surface area (Å²) in [5.74, 6) is -1.95. The fourth-order valence-corrected chi connectivity index (χ4v) is 3.65. The fraction of sp³-hybridized carbons (Fsp3) is 0. The number of rotatable bonds is 2. The van der Waals surface area contributed by atoms with E-state index in [9.17, 15) is 14.0 Å². The van der Waals surface area contributed by atoms with Crippen LogP contribution in [-0.4, -0.2) is 11.9 Å². The van der Waals surface area contributed by atoms with Gasteiger partial charge in [-0.15, -0.1) is 11.3 Å². The number of nitrogens with one attached hydrogen (secondary N) is 1. The minimum atomic E-state index is -0.808. The van der Waals surface area contributed by atoms with Gasteiger partial charge < -0.3 is 4.84 Å². The molecule has 0 atom stereocenters. The zero-order valence-electron chi connectivity index (χ0n) is 11.8. The van der Waals surface area contributed by atoms with Crippen molar-refractivity contribution >= 4 is 56.5 Å². The van der Waals surface area contributed by atoms with Crippen molar-refractivity contribution in [1.82, 2.24) is 5.48 Å². The van der Waals surface area contributed by atoms with E-state index in [0.717, 1.165) is 11.3 Å². The zero-order valence-corrected chi connectivity index (χ0v) is 14.1. The second-order valence-corrected chi connectivity index (χ2v) is 6.52. The lowest BCUT2D eigenvalue weighted by atomic mass is 10.2. The number of fused-ring (bicyclic) bond motifs is 1. The summed E-state index contributed by atoms with van der Waals surface area (Å²) in [4.78, 5) is 28.9. The quantitative estimate of drug-likeness (QED) is 0.643. The third-order valence-corrected chi connectivity index (χ3v) is 5.11. The van der Waals surface area contributed by atoms with Crippen LogP contribution in [0.3, 0.4) is 0 Å². The van der Waals surface area contributed by atoms with Gasteiger partial charge in [-0.2, -0.15) is 5.48 Å². The van der Waals surface area contributed by atoms with E-state index in [-0.39, 0.29) is 20.5 Å². The van der Waals surface area contributed by atoms with Gasteiger partial charge in [0.05, 0.1) is 15.6 Å². The summed E-state index contributed by atoms with van der Waals surface area (Å²) in [6.07, 6.45) is 0. The van der Waals surface area contributed by atoms with Crippen LogP contribution >= 0.6 is 34.5 Å². The first-order chi connectivity index (χ1) is 11.5. The van der Waals surface area contributed by atoms with Crippen molar-refractivity contribution in [2.24, 2.45) is 0 Å². The average molecular weight is 384 g/mol. The number of hydrogen-bond acceptors (Lipinski definition) is 4. The number of hydrogen-bond donors (Lipinski definition) is 1. The Hall–Kier alpha value is -2.15. The predicted octanol–water partition coefficient (Wildman–Crippen LogP) is 4.85. The van der Waals surface area contributed by atoms with Gasteiger partial charge in [-0.1, -0.05) is 35.3 Å². The molecular weight excluding hydrogens is 376 g/mol. The van der Waals surface area contributed by atoms with E-state index in [1.807, 2.05) is 5.48 Å². The number of hydroxylamine groups is 1. The molecule has 3 aromatic rings. The zero-order chi connectivity index (χ0) is 17.3. The first kappa shape index (κ1) is 16.7. The van der Waals surface area contributed by atoms with Crippen LogP contribution in [0.5, 0.6) is 0 Å². The molecule has 122 valence electrons. The van der Waals surface area contributed by atoms with Gasteiger partial charge in [-0.3, -0.25) is 4.79 Å². The molecule has 0 spiro atoms. The van der Waals surface area contributed by atoms with Crippen LogP contribution in [0.2, 0.25) is 10.0 Å². The molecule has 0 aliphatic heterocycles. The Bertz CT molecular complexity index is 958. The van der Waals surface area contributed by atoms with Gasteiger partial charge in [0.2, 0.25) is 0 Å². The smallest absolute Gasteiger partial charge is 0.335 e. The highest BCUT2D eigenvalue weighted by Gasteiger charge is 2.20. The molecule has 0 unspecified atom stereocenters. The molecule has 3 rings (SSSR count). The Morgan fingerprint density at radius 3 is 2.62 bits per heavy atom. The van der Waals surface area contributed by atoms with Gasteiger partial charge in [0.1, 0.15) is 10.7 Å². The molecule has 24 heavy (non-hydrogen) atoms. The minimum Gasteiger partial charge on any atom is -0.335 e. The van der Waals surface area contributed by atoms with Crippen molar-refractivity contribution in [3.8, 4) is 0 Å². The molecule has 0 radical (unpaired) electrons. The van der Waals surface area contributed by atoms with Crippen LogP contribution in [0, 0.1) is 5.82 Å². The number of thiophene rings is 1. The Morgan fingerprint density at radius 2 is 1.88 bits per heavy atom. The Morgan fingerprint density at radius 1 is 1.12 bits per heavy atom. The van der Waals surface area contributed by atoms with E-state index in [1.165, 1.54) is 30.3 Å². The molecule has 0 saturated carbocycles. The van der Waals surface area contributed by atoms with Crippen LogP contribution in [0.25, 0.3) is 10.1 Å². The van der Waals surface area contributed by atoms with Crippen molar-refractivity contribution in [1.29, 1.82) is 0 Å². The highest BCUT2D eigenvalue weighted by atomic mass is 35.5. The summed E-state index contributed by atoms with van der Waals surface area (Å²) in [6.45, 7) is 0. The summed E-state index contributed by atoms with van der Waals surface area (Å²) in [7, 11) is 0. The fourth-order valence-electron chi connectivity index (χ4n) is 2.01. The lowest BCUT2D eigenvalue weighted by Crippen LogP contribution is -2.26. The first-order valence-corrected chi connectivity index (χ1v) is 8.18. The van der Waals surface area contributed by atoms with Gasteiger partial charge in [0.25, 0.3) is 5.91 Å². The Kier molecular flexibility index (Phi) is 4.71. The molecule has 8 heteroatoms. The van der Waals surface area contributed by atoms with Crippen molar-refractivity contribution in [3.63, 3.8) is 0 Å². The molecule has 0 saturated heterocycles. The number of halogens is 3. The molecule has 0 aliphatic rings. The maximum absolute atomic E-state index is 13.2. The number of amides is 1. The standard InChI is InChI=1S/C16H8Cl2FNO3S/c17-11-4-2-1-3-9(11)16(22)23-20-15(21)14-13(18)10-6-5-8(19)7-12(10)24-14/h1-7H,(H,20,21). The average Bonchev–Trinajstić information content (AvgIpc) is 2.89. The molecule has 1 N–H and O–H groups in total. The molecule has 0 aliphatic carbocycles. The summed E-state index contributed by atoms with van der Waals surface area (Å²) in [6, 6.07) is 10.3. The highest BCUT2D eigenvalue weighted by Crippen LogP contribution is 2.35. The molecule has 1 heterocycles. The van der Waals surface area contributed by atoms with E-state index in [2.05, 4.69) is 0 Å². The topological polar surface area (TPSA) is 55.4 Å². The van der Waals surface area contributed by atoms with Crippen molar-refractivity contribution in [2.75, 3.05) is 0 Å². The van der Waals surface area contributed by atoms with Crippen LogP contribution in [-0.2, 0) is 4.84 Å². The maximum Gasteiger partial charge on any atom is 0.364 e. The second kappa shape index (κ2) is 6.76. The van der Waals surface area contributed by atoms with Gasteiger partial charge in [0, 0.05) is 10.1 Å². The van der Waals surface area contributed by atoms with Gasteiger partial charge in [0.15, 0.2) is 0 Å². The first-order valence-electron chi connectivity index (χ1n) is 6.61. The van der Waals surface area contributed by atoms with Crippen molar-refractivity contribution in [3.05, 3.63) is 68.8 Å². The molecule has 1 amide bonds. The normalized spacial score (nSPS) is 10.6. The molecule has 2 aromatic carbocycles. The van der Waals surface area contributed by atoms with Gasteiger partial charge in [-0.25, -0.2) is 9.18 Å². The largest absolute Gasteiger partial charge is 0.364 e. The van der Waals surface area contributed by atoms with E-state index >= 15 is 0 Å². The number of carbonyl (C=O) groups excluding carboxylic acids is 2. The van der Waals surface area contributed by atoms with Crippen molar-refractivity contribution < 1.29 is 18.8 Å². The SMILES string of the molecule is O=C(ONC(=O)c1sc2cc(F)ccc2c1Cl)c1ccccc1Cl. The number of benzene rings is 2. The predicted molar refractivity (Wildman–Crippen MR) is 91.1 cm³/mol. The molecule has 0 bridgehead atoms. The summed E-state index contributed by atoms with van der Waals surface area (Å²) >= 11 is 13.0. The minimum absolute atomic E-state index is 0.115. The summed E-state index contributed by atoms with van der Waals surface area (Å²) in [5.41, 5.74) is 2.14. The Labute approximate surface area is 149 Å². The molecule has 1 aromatic heterocycles. The van der Waals surface area contributed by atoms with Crippen molar-refractivity contribution in [2.45, 2.75) is 0 Å². The van der Waals surface area contributed by atoms with E-state index < -0.39 is 17.7 Å². The van der Waals surface area contributed by atoms with Crippen LogP contribution in [0.15, 0.2) is 42.5 Å². The van der Waals surface area contributed by atoms with E-state index in [1.54, 1.807) is 12.1 Å².